The number of aromatic nitrogens is 1. The van der Waals surface area contributed by atoms with Crippen LogP contribution in [0.4, 0.5) is 5.88 Å². The van der Waals surface area contributed by atoms with Crippen LogP contribution in [-0.4, -0.2) is 31.9 Å². The van der Waals surface area contributed by atoms with Crippen molar-refractivity contribution in [3.8, 4) is 11.5 Å². The van der Waals surface area contributed by atoms with Gasteiger partial charge in [-0.15, -0.1) is 11.3 Å². The number of sulfonamides is 1. The molecule has 32 heavy (non-hydrogen) atoms. The van der Waals surface area contributed by atoms with Crippen LogP contribution in [0.15, 0.2) is 26.9 Å². The summed E-state index contributed by atoms with van der Waals surface area (Å²) in [5.41, 5.74) is 1.79. The van der Waals surface area contributed by atoms with E-state index >= 15 is 0 Å². The molecule has 1 aliphatic rings. The van der Waals surface area contributed by atoms with Gasteiger partial charge in [-0.2, -0.15) is 0 Å². The summed E-state index contributed by atoms with van der Waals surface area (Å²) in [6.45, 7) is 4.66. The van der Waals surface area contributed by atoms with Crippen LogP contribution in [0.1, 0.15) is 43.8 Å². The average molecular weight is 497 g/mol. The molecule has 1 aliphatic heterocycles. The number of ketones is 2. The third-order valence-corrected chi connectivity index (χ3v) is 7.86. The Kier molecular flexibility index (Phi) is 5.74. The van der Waals surface area contributed by atoms with E-state index in [1.807, 2.05) is 0 Å². The molecule has 168 valence electrons. The molecule has 0 saturated carbocycles. The molecule has 0 atom stereocenters. The normalized spacial score (nSPS) is 12.8. The predicted molar refractivity (Wildman–Crippen MR) is 117 cm³/mol. The first-order valence-corrected chi connectivity index (χ1v) is 12.0. The highest BCUT2D eigenvalue weighted by Gasteiger charge is 2.30. The van der Waals surface area contributed by atoms with E-state index < -0.39 is 15.8 Å². The van der Waals surface area contributed by atoms with Crippen LogP contribution in [-0.2, 0) is 16.4 Å². The molecule has 0 amide bonds. The molecule has 3 heterocycles. The van der Waals surface area contributed by atoms with E-state index in [2.05, 4.69) is 9.88 Å². The summed E-state index contributed by atoms with van der Waals surface area (Å²) < 4.78 is 43.9. The van der Waals surface area contributed by atoms with Crippen molar-refractivity contribution in [1.82, 2.24) is 5.16 Å². The van der Waals surface area contributed by atoms with Crippen molar-refractivity contribution in [2.24, 2.45) is 0 Å². The zero-order valence-corrected chi connectivity index (χ0v) is 19.5. The van der Waals surface area contributed by atoms with Gasteiger partial charge in [-0.3, -0.25) is 9.59 Å². The first-order valence-electron chi connectivity index (χ1n) is 9.28. The summed E-state index contributed by atoms with van der Waals surface area (Å²) in [6.07, 6.45) is -0.177. The van der Waals surface area contributed by atoms with E-state index in [4.69, 9.17) is 25.6 Å². The molecule has 0 saturated heterocycles. The molecule has 3 aromatic rings. The summed E-state index contributed by atoms with van der Waals surface area (Å²) in [6, 6.07) is 2.91. The fourth-order valence-corrected chi connectivity index (χ4v) is 5.89. The highest BCUT2D eigenvalue weighted by Crippen LogP contribution is 2.40. The molecule has 1 aromatic carbocycles. The van der Waals surface area contributed by atoms with E-state index in [1.165, 1.54) is 18.4 Å². The monoisotopic (exact) mass is 496 g/mol. The number of hydrogen-bond donors (Lipinski definition) is 1. The number of thiophene rings is 1. The molecule has 9 nitrogen and oxygen atoms in total. The molecule has 1 N–H and O–H groups in total. The summed E-state index contributed by atoms with van der Waals surface area (Å²) in [5.74, 6) is -0.121. The molecule has 0 bridgehead atoms. The minimum Gasteiger partial charge on any atom is -0.454 e. The number of ether oxygens (including phenoxy) is 2. The second-order valence-electron chi connectivity index (χ2n) is 7.05. The number of nitrogens with zero attached hydrogens (tertiary/aromatic N) is 1. The van der Waals surface area contributed by atoms with Gasteiger partial charge < -0.3 is 14.0 Å². The molecular formula is C20H17ClN2O7S2. The van der Waals surface area contributed by atoms with Crippen molar-refractivity contribution in [2.45, 2.75) is 32.1 Å². The van der Waals surface area contributed by atoms with Crippen molar-refractivity contribution >= 4 is 50.4 Å². The van der Waals surface area contributed by atoms with Gasteiger partial charge in [-0.05, 0) is 43.8 Å². The number of carbonyl (C=O) groups is 2. The lowest BCUT2D eigenvalue weighted by atomic mass is 9.94. The largest absolute Gasteiger partial charge is 0.454 e. The second kappa shape index (κ2) is 8.23. The topological polar surface area (TPSA) is 125 Å². The van der Waals surface area contributed by atoms with Gasteiger partial charge >= 0.3 is 0 Å². The Bertz CT molecular complexity index is 1360. The van der Waals surface area contributed by atoms with Crippen molar-refractivity contribution in [3.63, 3.8) is 0 Å². The maximum absolute atomic E-state index is 13.2. The number of benzene rings is 1. The van der Waals surface area contributed by atoms with Crippen molar-refractivity contribution in [1.29, 1.82) is 0 Å². The predicted octanol–water partition coefficient (Wildman–Crippen LogP) is 4.16. The van der Waals surface area contributed by atoms with Gasteiger partial charge in [0.25, 0.3) is 15.9 Å². The Morgan fingerprint density at radius 1 is 1.28 bits per heavy atom. The minimum atomic E-state index is -4.18. The standard InChI is InChI=1S/C20H17ClN2O7S2/c1-9-12(11(3)24)7-15-18(29-8-28-15)13(9)6-14(25)19-16(4-5-31-19)32(26,27)23-20-17(21)10(2)22-30-20/h4-5,7,23H,6,8H2,1-3H3. The third kappa shape index (κ3) is 3.87. The van der Waals surface area contributed by atoms with Crippen molar-refractivity contribution in [2.75, 3.05) is 11.5 Å². The molecule has 2 aromatic heterocycles. The van der Waals surface area contributed by atoms with Gasteiger partial charge in [0.15, 0.2) is 23.1 Å². The minimum absolute atomic E-state index is 0.0187. The first-order chi connectivity index (χ1) is 15.1. The second-order valence-corrected chi connectivity index (χ2v) is 9.99. The fourth-order valence-electron chi connectivity index (χ4n) is 3.33. The fraction of sp³-hybridized carbons (Fsp3) is 0.250. The average Bonchev–Trinajstić information content (AvgIpc) is 3.46. The molecule has 0 fully saturated rings. The van der Waals surface area contributed by atoms with Crippen LogP contribution in [0, 0.1) is 13.8 Å². The van der Waals surface area contributed by atoms with Crippen LogP contribution in [0.25, 0.3) is 0 Å². The van der Waals surface area contributed by atoms with Gasteiger partial charge in [0.1, 0.15) is 15.6 Å². The third-order valence-electron chi connectivity index (χ3n) is 4.95. The zero-order chi connectivity index (χ0) is 23.2. The number of halogens is 1. The molecule has 0 aliphatic carbocycles. The number of carbonyl (C=O) groups excluding carboxylic acids is 2. The van der Waals surface area contributed by atoms with Gasteiger partial charge in [0, 0.05) is 17.5 Å². The van der Waals surface area contributed by atoms with E-state index in [1.54, 1.807) is 19.9 Å². The SMILES string of the molecule is CC(=O)c1cc2c(c(CC(=O)c3sccc3S(=O)(=O)Nc3onc(C)c3Cl)c1C)OCO2. The maximum Gasteiger partial charge on any atom is 0.265 e. The van der Waals surface area contributed by atoms with Gasteiger partial charge in [-0.25, -0.2) is 13.1 Å². The number of aryl methyl sites for hydroxylation is 1. The maximum atomic E-state index is 13.2. The van der Waals surface area contributed by atoms with Gasteiger partial charge in [-0.1, -0.05) is 16.8 Å². The van der Waals surface area contributed by atoms with E-state index in [9.17, 15) is 18.0 Å². The number of anilines is 1. The zero-order valence-electron chi connectivity index (χ0n) is 17.1. The van der Waals surface area contributed by atoms with Crippen LogP contribution in [0.2, 0.25) is 5.02 Å². The summed E-state index contributed by atoms with van der Waals surface area (Å²) in [7, 11) is -4.18. The Morgan fingerprint density at radius 3 is 2.69 bits per heavy atom. The number of Topliss-reactive ketones (excluding diaryl/α,β-unsaturated/α-hetero) is 2. The molecular weight excluding hydrogens is 480 g/mol. The number of fused-ring (bicyclic) bond motifs is 1. The quantitative estimate of drug-likeness (QED) is 0.483. The van der Waals surface area contributed by atoms with Gasteiger partial charge in [0.2, 0.25) is 6.79 Å². The van der Waals surface area contributed by atoms with Crippen LogP contribution in [0.3, 0.4) is 0 Å². The Balaban J connectivity index is 1.68. The number of rotatable bonds is 7. The van der Waals surface area contributed by atoms with Gasteiger partial charge in [0.05, 0.1) is 4.88 Å². The molecule has 12 heteroatoms. The lowest BCUT2D eigenvalue weighted by molar-refractivity contribution is 0.0987. The van der Waals surface area contributed by atoms with Crippen LogP contribution in [0.5, 0.6) is 11.5 Å². The lowest BCUT2D eigenvalue weighted by Crippen LogP contribution is -2.16. The van der Waals surface area contributed by atoms with Crippen molar-refractivity contribution in [3.05, 3.63) is 49.8 Å². The van der Waals surface area contributed by atoms with Crippen LogP contribution >= 0.6 is 22.9 Å². The van der Waals surface area contributed by atoms with E-state index in [-0.39, 0.29) is 39.7 Å². The summed E-state index contributed by atoms with van der Waals surface area (Å²) in [5, 5.41) is 5.14. The molecule has 0 spiro atoms. The first kappa shape index (κ1) is 22.3. The summed E-state index contributed by atoms with van der Waals surface area (Å²) in [4.78, 5) is 25.0. The highest BCUT2D eigenvalue weighted by atomic mass is 35.5. The smallest absolute Gasteiger partial charge is 0.265 e. The Morgan fingerprint density at radius 2 is 2.03 bits per heavy atom. The Labute approximate surface area is 192 Å². The highest BCUT2D eigenvalue weighted by molar-refractivity contribution is 7.93. The van der Waals surface area contributed by atoms with E-state index in [0.29, 0.717) is 33.9 Å². The Hall–Kier alpha value is -2.89. The number of hydrogen-bond acceptors (Lipinski definition) is 9. The number of nitrogens with one attached hydrogen (secondary N) is 1. The molecule has 4 rings (SSSR count). The lowest BCUT2D eigenvalue weighted by Gasteiger charge is -2.13. The molecule has 0 unspecified atom stereocenters. The van der Waals surface area contributed by atoms with Crippen LogP contribution < -0.4 is 14.2 Å². The van der Waals surface area contributed by atoms with Crippen molar-refractivity contribution < 1.29 is 32.0 Å². The summed E-state index contributed by atoms with van der Waals surface area (Å²) >= 11 is 6.98. The van der Waals surface area contributed by atoms with E-state index in [0.717, 1.165) is 11.3 Å². The molecule has 0 radical (unpaired) electrons.